The van der Waals surface area contributed by atoms with Crippen LogP contribution in [0.2, 0.25) is 0 Å². The maximum Gasteiger partial charge on any atom is 0.221 e. The summed E-state index contributed by atoms with van der Waals surface area (Å²) < 4.78 is 1.86. The van der Waals surface area contributed by atoms with Crippen LogP contribution in [0.15, 0.2) is 66.9 Å². The van der Waals surface area contributed by atoms with E-state index in [0.29, 0.717) is 19.5 Å². The number of rotatable bonds is 4. The van der Waals surface area contributed by atoms with Crippen LogP contribution >= 0.6 is 0 Å². The lowest BCUT2D eigenvalue weighted by Crippen LogP contribution is -2.31. The van der Waals surface area contributed by atoms with Crippen molar-refractivity contribution < 1.29 is 4.79 Å². The molecule has 2 heterocycles. The molecule has 1 aromatic heterocycles. The predicted molar refractivity (Wildman–Crippen MR) is 98.6 cm³/mol. The molecule has 1 N–H and O–H groups in total. The molecule has 0 radical (unpaired) electrons. The van der Waals surface area contributed by atoms with Crippen molar-refractivity contribution in [2.24, 2.45) is 0 Å². The highest BCUT2D eigenvalue weighted by atomic mass is 16.1. The highest BCUT2D eigenvalue weighted by Gasteiger charge is 2.27. The Labute approximate surface area is 152 Å². The first kappa shape index (κ1) is 16.5. The van der Waals surface area contributed by atoms with Gasteiger partial charge >= 0.3 is 0 Å². The van der Waals surface area contributed by atoms with Gasteiger partial charge in [0.2, 0.25) is 5.91 Å². The number of nitrogens with one attached hydrogen (secondary N) is 1. The highest BCUT2D eigenvalue weighted by molar-refractivity contribution is 5.77. The minimum absolute atomic E-state index is 0.0397. The number of carbonyl (C=O) groups excluding carboxylic acids is 1. The van der Waals surface area contributed by atoms with Gasteiger partial charge < -0.3 is 5.32 Å². The number of aromatic nitrogens is 3. The number of para-hydroxylation sites is 1. The van der Waals surface area contributed by atoms with E-state index in [0.717, 1.165) is 23.5 Å². The minimum Gasteiger partial charge on any atom is -0.355 e. The van der Waals surface area contributed by atoms with Crippen molar-refractivity contribution in [3.63, 3.8) is 0 Å². The van der Waals surface area contributed by atoms with Crippen LogP contribution in [0.5, 0.6) is 0 Å². The van der Waals surface area contributed by atoms with Gasteiger partial charge in [-0.3, -0.25) is 9.69 Å². The molecule has 1 fully saturated rings. The Morgan fingerprint density at radius 2 is 1.77 bits per heavy atom. The fourth-order valence-electron chi connectivity index (χ4n) is 3.42. The van der Waals surface area contributed by atoms with E-state index in [1.54, 1.807) is 6.20 Å². The van der Waals surface area contributed by atoms with Gasteiger partial charge in [0.25, 0.3) is 0 Å². The Balaban J connectivity index is 1.63. The normalized spacial score (nSPS) is 18.3. The SMILES string of the molecule is O=C1CC(c2ccccc2)N(Cc2cnnn2-c2ccccc2)CCN1. The number of nitrogens with zero attached hydrogens (tertiary/aromatic N) is 4. The molecule has 132 valence electrons. The summed E-state index contributed by atoms with van der Waals surface area (Å²) in [5, 5.41) is 11.3. The van der Waals surface area contributed by atoms with Crippen LogP contribution in [0.4, 0.5) is 0 Å². The molecule has 3 aromatic rings. The van der Waals surface area contributed by atoms with Gasteiger partial charge in [-0.2, -0.15) is 0 Å². The van der Waals surface area contributed by atoms with Crippen LogP contribution in [0.3, 0.4) is 0 Å². The molecule has 1 saturated heterocycles. The van der Waals surface area contributed by atoms with Gasteiger partial charge in [-0.1, -0.05) is 53.7 Å². The fourth-order valence-corrected chi connectivity index (χ4v) is 3.42. The zero-order chi connectivity index (χ0) is 17.8. The van der Waals surface area contributed by atoms with Crippen LogP contribution in [0.1, 0.15) is 23.7 Å². The second-order valence-electron chi connectivity index (χ2n) is 6.42. The van der Waals surface area contributed by atoms with Crippen molar-refractivity contribution in [3.05, 3.63) is 78.1 Å². The lowest BCUT2D eigenvalue weighted by Gasteiger charge is -2.29. The van der Waals surface area contributed by atoms with E-state index < -0.39 is 0 Å². The molecule has 0 spiro atoms. The molecule has 2 aromatic carbocycles. The van der Waals surface area contributed by atoms with Gasteiger partial charge in [0, 0.05) is 32.1 Å². The van der Waals surface area contributed by atoms with Gasteiger partial charge in [0.15, 0.2) is 0 Å². The molecule has 6 heteroatoms. The Hall–Kier alpha value is -2.99. The molecule has 1 aliphatic heterocycles. The monoisotopic (exact) mass is 347 g/mol. The van der Waals surface area contributed by atoms with Crippen molar-refractivity contribution in [1.29, 1.82) is 0 Å². The van der Waals surface area contributed by atoms with Crippen molar-refractivity contribution in [3.8, 4) is 5.69 Å². The lowest BCUT2D eigenvalue weighted by molar-refractivity contribution is -0.121. The van der Waals surface area contributed by atoms with E-state index in [1.807, 2.05) is 53.2 Å². The van der Waals surface area contributed by atoms with E-state index in [4.69, 9.17) is 0 Å². The van der Waals surface area contributed by atoms with Crippen LogP contribution in [-0.2, 0) is 11.3 Å². The average Bonchev–Trinajstić information content (AvgIpc) is 3.07. The molecule has 1 aliphatic rings. The van der Waals surface area contributed by atoms with Crippen molar-refractivity contribution in [1.82, 2.24) is 25.2 Å². The van der Waals surface area contributed by atoms with Crippen LogP contribution in [0, 0.1) is 0 Å². The number of benzene rings is 2. The van der Waals surface area contributed by atoms with Gasteiger partial charge in [-0.25, -0.2) is 4.68 Å². The summed E-state index contributed by atoms with van der Waals surface area (Å²) in [5.41, 5.74) is 3.15. The standard InChI is InChI=1S/C20H21N5O/c26-20-13-19(16-7-3-1-4-8-16)24(12-11-21-20)15-18-14-22-23-25(18)17-9-5-2-6-10-17/h1-10,14,19H,11-13,15H2,(H,21,26). The summed E-state index contributed by atoms with van der Waals surface area (Å²) in [4.78, 5) is 14.5. The molecule has 0 saturated carbocycles. The Morgan fingerprint density at radius 3 is 2.54 bits per heavy atom. The molecule has 1 amide bonds. The minimum atomic E-state index is 0.0397. The third kappa shape index (κ3) is 3.50. The van der Waals surface area contributed by atoms with Gasteiger partial charge in [0.1, 0.15) is 0 Å². The van der Waals surface area contributed by atoms with E-state index in [9.17, 15) is 4.79 Å². The maximum absolute atomic E-state index is 12.1. The molecule has 26 heavy (non-hydrogen) atoms. The third-order valence-corrected chi connectivity index (χ3v) is 4.71. The summed E-state index contributed by atoms with van der Waals surface area (Å²) in [7, 11) is 0. The van der Waals surface area contributed by atoms with Gasteiger partial charge in [-0.05, 0) is 17.7 Å². The van der Waals surface area contributed by atoms with E-state index in [2.05, 4.69) is 32.7 Å². The van der Waals surface area contributed by atoms with Crippen LogP contribution in [-0.4, -0.2) is 38.9 Å². The Morgan fingerprint density at radius 1 is 1.04 bits per heavy atom. The first-order chi connectivity index (χ1) is 12.8. The Kier molecular flexibility index (Phi) is 4.75. The summed E-state index contributed by atoms with van der Waals surface area (Å²) in [6.07, 6.45) is 2.26. The zero-order valence-corrected chi connectivity index (χ0v) is 14.5. The second kappa shape index (κ2) is 7.49. The second-order valence-corrected chi connectivity index (χ2v) is 6.42. The maximum atomic E-state index is 12.1. The lowest BCUT2D eigenvalue weighted by atomic mass is 10.0. The fraction of sp³-hybridized carbons (Fsp3) is 0.250. The van der Waals surface area contributed by atoms with Crippen molar-refractivity contribution >= 4 is 5.91 Å². The zero-order valence-electron chi connectivity index (χ0n) is 14.5. The summed E-state index contributed by atoms with van der Waals surface area (Å²) in [5.74, 6) is 0.0936. The molecule has 1 atom stereocenters. The molecule has 0 aliphatic carbocycles. The van der Waals surface area contributed by atoms with E-state index in [1.165, 1.54) is 0 Å². The summed E-state index contributed by atoms with van der Waals surface area (Å²) in [6.45, 7) is 2.11. The average molecular weight is 347 g/mol. The quantitative estimate of drug-likeness (QED) is 0.787. The molecular formula is C20H21N5O. The number of carbonyl (C=O) groups is 1. The van der Waals surface area contributed by atoms with Gasteiger partial charge in [-0.15, -0.1) is 5.10 Å². The largest absolute Gasteiger partial charge is 0.355 e. The van der Waals surface area contributed by atoms with Crippen LogP contribution in [0.25, 0.3) is 5.69 Å². The molecule has 4 rings (SSSR count). The van der Waals surface area contributed by atoms with E-state index >= 15 is 0 Å². The number of hydrogen-bond acceptors (Lipinski definition) is 4. The molecular weight excluding hydrogens is 326 g/mol. The van der Waals surface area contributed by atoms with Gasteiger partial charge in [0.05, 0.1) is 17.6 Å². The summed E-state index contributed by atoms with van der Waals surface area (Å²) in [6, 6.07) is 20.2. The van der Waals surface area contributed by atoms with Crippen LogP contribution < -0.4 is 5.32 Å². The number of amides is 1. The first-order valence-electron chi connectivity index (χ1n) is 8.82. The first-order valence-corrected chi connectivity index (χ1v) is 8.82. The number of hydrogen-bond donors (Lipinski definition) is 1. The summed E-state index contributed by atoms with van der Waals surface area (Å²) >= 11 is 0. The molecule has 6 nitrogen and oxygen atoms in total. The molecule has 0 bridgehead atoms. The highest BCUT2D eigenvalue weighted by Crippen LogP contribution is 2.27. The topological polar surface area (TPSA) is 63.1 Å². The molecule has 1 unspecified atom stereocenters. The Bertz CT molecular complexity index is 862. The smallest absolute Gasteiger partial charge is 0.221 e. The van der Waals surface area contributed by atoms with E-state index in [-0.39, 0.29) is 11.9 Å². The van der Waals surface area contributed by atoms with Crippen molar-refractivity contribution in [2.45, 2.75) is 19.0 Å². The predicted octanol–water partition coefficient (Wildman–Crippen LogP) is 2.33. The third-order valence-electron chi connectivity index (χ3n) is 4.71. The van der Waals surface area contributed by atoms with Crippen molar-refractivity contribution in [2.75, 3.05) is 13.1 Å².